The van der Waals surface area contributed by atoms with E-state index < -0.39 is 30.7 Å². The number of benzene rings is 4. The topological polar surface area (TPSA) is 67.9 Å². The smallest absolute Gasteiger partial charge is 0.186 e. The third kappa shape index (κ3) is 9.52. The van der Waals surface area contributed by atoms with Crippen LogP contribution in [0.2, 0.25) is 0 Å². The van der Waals surface area contributed by atoms with Gasteiger partial charge in [0.1, 0.15) is 24.4 Å². The van der Waals surface area contributed by atoms with Crippen LogP contribution in [0.5, 0.6) is 0 Å². The van der Waals surface area contributed by atoms with Gasteiger partial charge in [0.05, 0.1) is 46.2 Å². The van der Waals surface area contributed by atoms with Crippen LogP contribution in [0.15, 0.2) is 114 Å². The van der Waals surface area contributed by atoms with Crippen LogP contribution in [0.1, 0.15) is 22.3 Å². The maximum absolute atomic E-state index is 6.71. The van der Waals surface area contributed by atoms with Gasteiger partial charge >= 0.3 is 0 Å². The van der Waals surface area contributed by atoms with Gasteiger partial charge in [-0.25, -0.2) is 0 Å². The highest BCUT2D eigenvalue weighted by Gasteiger charge is 2.48. The van der Waals surface area contributed by atoms with E-state index in [4.69, 9.17) is 33.2 Å². The van der Waals surface area contributed by atoms with E-state index >= 15 is 0 Å². The summed E-state index contributed by atoms with van der Waals surface area (Å²) in [5.74, 6) is 0. The van der Waals surface area contributed by atoms with Gasteiger partial charge in [0.25, 0.3) is 0 Å². The van der Waals surface area contributed by atoms with Crippen molar-refractivity contribution < 1.29 is 33.2 Å². The van der Waals surface area contributed by atoms with E-state index in [1.165, 1.54) is 5.69 Å². The van der Waals surface area contributed by atoms with Crippen molar-refractivity contribution in [3.63, 3.8) is 0 Å². The predicted molar refractivity (Wildman–Crippen MR) is 188 cm³/mol. The second-order valence-corrected chi connectivity index (χ2v) is 12.8. The van der Waals surface area contributed by atoms with Gasteiger partial charge in [-0.3, -0.25) is 0 Å². The lowest BCUT2D eigenvalue weighted by atomic mass is 9.97. The molecule has 2 aliphatic heterocycles. The van der Waals surface area contributed by atoms with Crippen LogP contribution in [-0.4, -0.2) is 70.7 Å². The SMILES string of the molecule is COC1O[C@H](COCc2ccc(N3CCOCC3)cc2)[C@@H](OCc2ccccc2)[C@H](OCc2ccccc2)[C@H]1OCc1ccccc1Br. The number of hydrogen-bond donors (Lipinski definition) is 0. The van der Waals surface area contributed by atoms with Crippen LogP contribution in [0.3, 0.4) is 0 Å². The predicted octanol–water partition coefficient (Wildman–Crippen LogP) is 6.93. The van der Waals surface area contributed by atoms with Crippen LogP contribution in [0.4, 0.5) is 5.69 Å². The molecule has 8 nitrogen and oxygen atoms in total. The zero-order valence-corrected chi connectivity index (χ0v) is 28.9. The van der Waals surface area contributed by atoms with Crippen LogP contribution in [0, 0.1) is 0 Å². The van der Waals surface area contributed by atoms with Crippen molar-refractivity contribution in [1.29, 1.82) is 0 Å². The molecule has 0 saturated carbocycles. The Morgan fingerprint density at radius 3 is 1.88 bits per heavy atom. The summed E-state index contributed by atoms with van der Waals surface area (Å²) in [5.41, 5.74) is 5.40. The van der Waals surface area contributed by atoms with Crippen molar-refractivity contribution in [2.45, 2.75) is 57.1 Å². The highest BCUT2D eigenvalue weighted by Crippen LogP contribution is 2.32. The molecule has 48 heavy (non-hydrogen) atoms. The molecule has 0 N–H and O–H groups in total. The maximum Gasteiger partial charge on any atom is 0.186 e. The Labute approximate surface area is 291 Å². The fraction of sp³-hybridized carbons (Fsp3) is 0.385. The van der Waals surface area contributed by atoms with Gasteiger partial charge in [-0.15, -0.1) is 0 Å². The highest BCUT2D eigenvalue weighted by molar-refractivity contribution is 9.10. The summed E-state index contributed by atoms with van der Waals surface area (Å²) in [6.07, 6.45) is -2.78. The van der Waals surface area contributed by atoms with E-state index in [1.807, 2.05) is 60.7 Å². The normalized spacial score (nSPS) is 22.9. The zero-order valence-electron chi connectivity index (χ0n) is 27.3. The van der Waals surface area contributed by atoms with Crippen LogP contribution in [0.25, 0.3) is 0 Å². The molecule has 0 aliphatic carbocycles. The minimum absolute atomic E-state index is 0.284. The molecule has 1 unspecified atom stereocenters. The number of halogens is 1. The van der Waals surface area contributed by atoms with E-state index in [-0.39, 0.29) is 6.61 Å². The van der Waals surface area contributed by atoms with Crippen LogP contribution < -0.4 is 4.90 Å². The average Bonchev–Trinajstić information content (AvgIpc) is 3.14. The average molecular weight is 719 g/mol. The summed E-state index contributed by atoms with van der Waals surface area (Å²) in [5, 5.41) is 0. The molecule has 2 saturated heterocycles. The van der Waals surface area contributed by atoms with E-state index in [2.05, 4.69) is 69.4 Å². The molecule has 2 aliphatic rings. The van der Waals surface area contributed by atoms with Crippen molar-refractivity contribution in [2.24, 2.45) is 0 Å². The summed E-state index contributed by atoms with van der Waals surface area (Å²) in [6, 6.07) is 36.8. The maximum atomic E-state index is 6.71. The van der Waals surface area contributed by atoms with Crippen LogP contribution >= 0.6 is 15.9 Å². The van der Waals surface area contributed by atoms with Gasteiger partial charge in [-0.1, -0.05) is 107 Å². The van der Waals surface area contributed by atoms with Crippen molar-refractivity contribution in [2.75, 3.05) is 44.9 Å². The summed E-state index contributed by atoms with van der Waals surface area (Å²) >= 11 is 3.65. The minimum Gasteiger partial charge on any atom is -0.378 e. The molecular formula is C39H44BrNO7. The highest BCUT2D eigenvalue weighted by atomic mass is 79.9. The Bertz CT molecular complexity index is 1500. The van der Waals surface area contributed by atoms with Gasteiger partial charge < -0.3 is 38.1 Å². The van der Waals surface area contributed by atoms with Crippen molar-refractivity contribution in [3.8, 4) is 0 Å². The van der Waals surface area contributed by atoms with Gasteiger partial charge in [-0.05, 0) is 40.5 Å². The molecule has 9 heteroatoms. The number of anilines is 1. The quantitative estimate of drug-likeness (QED) is 0.131. The van der Waals surface area contributed by atoms with Crippen molar-refractivity contribution in [1.82, 2.24) is 0 Å². The Morgan fingerprint density at radius 2 is 1.23 bits per heavy atom. The number of ether oxygens (including phenoxy) is 7. The fourth-order valence-electron chi connectivity index (χ4n) is 6.02. The van der Waals surface area contributed by atoms with E-state index in [1.54, 1.807) is 7.11 Å². The van der Waals surface area contributed by atoms with Crippen molar-refractivity contribution >= 4 is 21.6 Å². The molecule has 2 heterocycles. The number of hydrogen-bond acceptors (Lipinski definition) is 8. The summed E-state index contributed by atoms with van der Waals surface area (Å²) in [6.45, 7) is 5.15. The Kier molecular flexibility index (Phi) is 13.1. The van der Waals surface area contributed by atoms with E-state index in [0.29, 0.717) is 26.4 Å². The Hall–Kier alpha value is -3.12. The summed E-state index contributed by atoms with van der Waals surface area (Å²) in [7, 11) is 1.63. The first kappa shape index (κ1) is 34.7. The Morgan fingerprint density at radius 1 is 0.646 bits per heavy atom. The van der Waals surface area contributed by atoms with Gasteiger partial charge in [0.2, 0.25) is 0 Å². The zero-order chi connectivity index (χ0) is 33.0. The molecule has 0 amide bonds. The lowest BCUT2D eigenvalue weighted by molar-refractivity contribution is -0.323. The second-order valence-electron chi connectivity index (χ2n) is 11.9. The van der Waals surface area contributed by atoms with Crippen molar-refractivity contribution in [3.05, 3.63) is 136 Å². The number of nitrogens with zero attached hydrogens (tertiary/aromatic N) is 1. The Balaban J connectivity index is 1.20. The largest absolute Gasteiger partial charge is 0.378 e. The molecule has 4 aromatic carbocycles. The van der Waals surface area contributed by atoms with Gasteiger partial charge in [0, 0.05) is 30.4 Å². The lowest BCUT2D eigenvalue weighted by Gasteiger charge is -2.45. The molecule has 2 fully saturated rings. The molecule has 0 radical (unpaired) electrons. The summed E-state index contributed by atoms with van der Waals surface area (Å²) in [4.78, 5) is 2.34. The molecule has 254 valence electrons. The molecule has 6 rings (SSSR count). The first-order chi connectivity index (χ1) is 23.7. The molecule has 4 aromatic rings. The van der Waals surface area contributed by atoms with E-state index in [9.17, 15) is 0 Å². The molecule has 0 bridgehead atoms. The molecule has 0 spiro atoms. The van der Waals surface area contributed by atoms with Crippen LogP contribution in [-0.2, 0) is 59.6 Å². The molecule has 5 atom stereocenters. The number of rotatable bonds is 15. The first-order valence-corrected chi connectivity index (χ1v) is 17.3. The first-order valence-electron chi connectivity index (χ1n) is 16.5. The minimum atomic E-state index is -0.703. The number of methoxy groups -OCH3 is 1. The van der Waals surface area contributed by atoms with E-state index in [0.717, 1.165) is 53.0 Å². The molecule has 0 aromatic heterocycles. The summed E-state index contributed by atoms with van der Waals surface area (Å²) < 4.78 is 45.3. The molecular weight excluding hydrogens is 674 g/mol. The second kappa shape index (κ2) is 18.0. The fourth-order valence-corrected chi connectivity index (χ4v) is 6.42. The van der Waals surface area contributed by atoms with Gasteiger partial charge in [0.15, 0.2) is 6.29 Å². The monoisotopic (exact) mass is 717 g/mol. The third-order valence-electron chi connectivity index (χ3n) is 8.65. The standard InChI is InChI=1S/C39H44BrNO7/c1-42-39-38(47-27-32-14-8-9-15-34(32)40)37(46-26-30-12-6-3-7-13-30)36(45-25-29-10-4-2-5-11-29)35(48-39)28-44-24-31-16-18-33(19-17-31)41-20-22-43-23-21-41/h2-19,35-39H,20-28H2,1H3/t35-,36-,37+,38-,39?/m1/s1. The number of morpholine rings is 1. The lowest BCUT2D eigenvalue weighted by Crippen LogP contribution is -2.61. The third-order valence-corrected chi connectivity index (χ3v) is 9.42. The van der Waals surface area contributed by atoms with Gasteiger partial charge in [-0.2, -0.15) is 0 Å².